The molecule has 118 valence electrons. The molecule has 1 aliphatic heterocycles. The highest BCUT2D eigenvalue weighted by atomic mass is 32.2. The predicted molar refractivity (Wildman–Crippen MR) is 86.3 cm³/mol. The molecule has 0 radical (unpaired) electrons. The van der Waals surface area contributed by atoms with Gasteiger partial charge < -0.3 is 14.8 Å². The molecular formula is C16H31NO2S. The highest BCUT2D eigenvalue weighted by Crippen LogP contribution is 2.40. The molecule has 1 spiro atoms. The molecule has 1 aliphatic carbocycles. The fourth-order valence-electron chi connectivity index (χ4n) is 3.20. The summed E-state index contributed by atoms with van der Waals surface area (Å²) in [6.45, 7) is 7.20. The van der Waals surface area contributed by atoms with Crippen molar-refractivity contribution in [2.45, 2.75) is 75.9 Å². The van der Waals surface area contributed by atoms with Crippen molar-refractivity contribution in [3.8, 4) is 0 Å². The second kappa shape index (κ2) is 8.62. The fourth-order valence-corrected chi connectivity index (χ4v) is 4.71. The van der Waals surface area contributed by atoms with Gasteiger partial charge in [-0.05, 0) is 31.6 Å². The smallest absolute Gasteiger partial charge is 0.169 e. The summed E-state index contributed by atoms with van der Waals surface area (Å²) in [5, 5.41) is 4.38. The van der Waals surface area contributed by atoms with Crippen LogP contribution in [0.3, 0.4) is 0 Å². The van der Waals surface area contributed by atoms with E-state index in [1.807, 2.05) is 0 Å². The Morgan fingerprint density at radius 1 is 1.15 bits per heavy atom. The molecule has 0 aromatic carbocycles. The minimum Gasteiger partial charge on any atom is -0.347 e. The van der Waals surface area contributed by atoms with E-state index in [2.05, 4.69) is 30.9 Å². The average Bonchev–Trinajstić information content (AvgIpc) is 2.91. The Balaban J connectivity index is 1.84. The van der Waals surface area contributed by atoms with Crippen LogP contribution in [0.1, 0.15) is 58.8 Å². The van der Waals surface area contributed by atoms with E-state index in [1.54, 1.807) is 0 Å². The number of ether oxygens (including phenoxy) is 2. The van der Waals surface area contributed by atoms with E-state index in [-0.39, 0.29) is 5.79 Å². The number of thioether (sulfide) groups is 1. The first-order chi connectivity index (χ1) is 9.79. The van der Waals surface area contributed by atoms with Crippen LogP contribution < -0.4 is 5.32 Å². The summed E-state index contributed by atoms with van der Waals surface area (Å²) in [5.41, 5.74) is 0. The van der Waals surface area contributed by atoms with Gasteiger partial charge in [0.05, 0.1) is 13.2 Å². The molecule has 1 saturated heterocycles. The highest BCUT2D eigenvalue weighted by molar-refractivity contribution is 7.99. The van der Waals surface area contributed by atoms with E-state index in [0.29, 0.717) is 11.3 Å². The van der Waals surface area contributed by atoms with Gasteiger partial charge >= 0.3 is 0 Å². The van der Waals surface area contributed by atoms with Crippen LogP contribution in [0.5, 0.6) is 0 Å². The van der Waals surface area contributed by atoms with E-state index >= 15 is 0 Å². The third-order valence-corrected chi connectivity index (χ3v) is 5.79. The van der Waals surface area contributed by atoms with Crippen molar-refractivity contribution < 1.29 is 9.47 Å². The van der Waals surface area contributed by atoms with Gasteiger partial charge in [-0.15, -0.1) is 0 Å². The molecule has 3 nitrogen and oxygen atoms in total. The van der Waals surface area contributed by atoms with Crippen LogP contribution in [0, 0.1) is 0 Å². The first kappa shape index (κ1) is 16.6. The molecule has 1 heterocycles. The predicted octanol–water partition coefficient (Wildman–Crippen LogP) is 3.57. The standard InChI is InChI=1S/C16H31NO2S/c1-3-5-6-12-20-15-13-16(18-10-11-19-16)8-7-14(15)17-9-4-2/h14-15,17H,3-13H2,1-2H3. The van der Waals surface area contributed by atoms with Gasteiger partial charge in [-0.1, -0.05) is 26.7 Å². The zero-order chi connectivity index (χ0) is 14.3. The number of unbranched alkanes of at least 4 members (excludes halogenated alkanes) is 2. The third kappa shape index (κ3) is 4.62. The Morgan fingerprint density at radius 2 is 1.95 bits per heavy atom. The summed E-state index contributed by atoms with van der Waals surface area (Å²) in [6.07, 6.45) is 8.51. The van der Waals surface area contributed by atoms with Crippen molar-refractivity contribution in [3.05, 3.63) is 0 Å². The van der Waals surface area contributed by atoms with E-state index in [0.717, 1.165) is 32.6 Å². The molecular weight excluding hydrogens is 270 g/mol. The van der Waals surface area contributed by atoms with Crippen LogP contribution >= 0.6 is 11.8 Å². The van der Waals surface area contributed by atoms with Crippen molar-refractivity contribution >= 4 is 11.8 Å². The maximum atomic E-state index is 5.93. The van der Waals surface area contributed by atoms with Crippen LogP contribution in [-0.4, -0.2) is 42.6 Å². The van der Waals surface area contributed by atoms with Gasteiger partial charge in [-0.3, -0.25) is 0 Å². The molecule has 20 heavy (non-hydrogen) atoms. The lowest BCUT2D eigenvalue weighted by Crippen LogP contribution is -2.50. The lowest BCUT2D eigenvalue weighted by atomic mass is 9.89. The molecule has 2 rings (SSSR count). The molecule has 0 aromatic heterocycles. The van der Waals surface area contributed by atoms with Crippen molar-refractivity contribution in [2.24, 2.45) is 0 Å². The summed E-state index contributed by atoms with van der Waals surface area (Å²) in [6, 6.07) is 0.639. The Morgan fingerprint density at radius 3 is 2.65 bits per heavy atom. The average molecular weight is 301 g/mol. The second-order valence-electron chi connectivity index (χ2n) is 6.03. The fraction of sp³-hybridized carbons (Fsp3) is 1.00. The van der Waals surface area contributed by atoms with Gasteiger partial charge in [0.15, 0.2) is 5.79 Å². The van der Waals surface area contributed by atoms with Crippen molar-refractivity contribution in [2.75, 3.05) is 25.5 Å². The number of hydrogen-bond acceptors (Lipinski definition) is 4. The van der Waals surface area contributed by atoms with Crippen LogP contribution in [0.4, 0.5) is 0 Å². The lowest BCUT2D eigenvalue weighted by molar-refractivity contribution is -0.178. The molecule has 0 bridgehead atoms. The molecule has 2 fully saturated rings. The Hall–Kier alpha value is 0.230. The summed E-state index contributed by atoms with van der Waals surface area (Å²) in [5.74, 6) is 1.03. The minimum absolute atomic E-state index is 0.243. The van der Waals surface area contributed by atoms with Gasteiger partial charge in [0.1, 0.15) is 0 Å². The minimum atomic E-state index is -0.243. The van der Waals surface area contributed by atoms with E-state index in [1.165, 1.54) is 37.9 Å². The highest BCUT2D eigenvalue weighted by Gasteiger charge is 2.44. The van der Waals surface area contributed by atoms with Gasteiger partial charge in [-0.25, -0.2) is 0 Å². The van der Waals surface area contributed by atoms with Gasteiger partial charge in [0.25, 0.3) is 0 Å². The molecule has 4 heteroatoms. The number of rotatable bonds is 8. The molecule has 2 unspecified atom stereocenters. The zero-order valence-corrected chi connectivity index (χ0v) is 14.0. The largest absolute Gasteiger partial charge is 0.347 e. The van der Waals surface area contributed by atoms with Gasteiger partial charge in [-0.2, -0.15) is 11.8 Å². The summed E-state index contributed by atoms with van der Waals surface area (Å²) >= 11 is 2.13. The third-order valence-electron chi connectivity index (χ3n) is 4.35. The number of nitrogens with one attached hydrogen (secondary N) is 1. The first-order valence-electron chi connectivity index (χ1n) is 8.42. The molecule has 2 atom stereocenters. The quantitative estimate of drug-likeness (QED) is 0.694. The summed E-state index contributed by atoms with van der Waals surface area (Å²) in [4.78, 5) is 0. The van der Waals surface area contributed by atoms with Crippen LogP contribution in [0.25, 0.3) is 0 Å². The normalized spacial score (nSPS) is 29.1. The molecule has 2 aliphatic rings. The Kier molecular flexibility index (Phi) is 7.15. The zero-order valence-electron chi connectivity index (χ0n) is 13.2. The molecule has 0 amide bonds. The van der Waals surface area contributed by atoms with Gasteiger partial charge in [0, 0.05) is 24.1 Å². The van der Waals surface area contributed by atoms with E-state index in [9.17, 15) is 0 Å². The lowest BCUT2D eigenvalue weighted by Gasteiger charge is -2.41. The van der Waals surface area contributed by atoms with Crippen LogP contribution in [0.15, 0.2) is 0 Å². The Bertz CT molecular complexity index is 269. The maximum absolute atomic E-state index is 5.93. The molecule has 1 N–H and O–H groups in total. The van der Waals surface area contributed by atoms with E-state index in [4.69, 9.17) is 9.47 Å². The van der Waals surface area contributed by atoms with Crippen molar-refractivity contribution in [1.29, 1.82) is 0 Å². The SMILES string of the molecule is CCCCCSC1CC2(CCC1NCCC)OCCO2. The van der Waals surface area contributed by atoms with E-state index < -0.39 is 0 Å². The van der Waals surface area contributed by atoms with Crippen molar-refractivity contribution in [1.82, 2.24) is 5.32 Å². The second-order valence-corrected chi connectivity index (χ2v) is 7.37. The summed E-state index contributed by atoms with van der Waals surface area (Å²) in [7, 11) is 0. The number of hydrogen-bond donors (Lipinski definition) is 1. The Labute approximate surface area is 128 Å². The first-order valence-corrected chi connectivity index (χ1v) is 9.47. The van der Waals surface area contributed by atoms with Crippen LogP contribution in [0.2, 0.25) is 0 Å². The topological polar surface area (TPSA) is 30.5 Å². The molecule has 0 aromatic rings. The summed E-state index contributed by atoms with van der Waals surface area (Å²) < 4.78 is 11.9. The van der Waals surface area contributed by atoms with Gasteiger partial charge in [0.2, 0.25) is 0 Å². The monoisotopic (exact) mass is 301 g/mol. The molecule has 1 saturated carbocycles. The van der Waals surface area contributed by atoms with Crippen molar-refractivity contribution in [3.63, 3.8) is 0 Å². The maximum Gasteiger partial charge on any atom is 0.169 e. The van der Waals surface area contributed by atoms with Crippen LogP contribution in [-0.2, 0) is 9.47 Å².